The molecule has 1 aliphatic carbocycles. The first-order chi connectivity index (χ1) is 8.08. The van der Waals surface area contributed by atoms with Crippen LogP contribution in [0.1, 0.15) is 48.4 Å². The molecule has 0 aliphatic heterocycles. The highest BCUT2D eigenvalue weighted by atomic mass is 16.3. The van der Waals surface area contributed by atoms with Crippen LogP contribution < -0.4 is 0 Å². The van der Waals surface area contributed by atoms with Crippen LogP contribution in [0.2, 0.25) is 0 Å². The molecular weight excluding hydrogens is 212 g/mol. The number of allylic oxidation sites excluding steroid dienone is 4. The molecular formula is C15H18O2. The molecule has 17 heavy (non-hydrogen) atoms. The summed E-state index contributed by atoms with van der Waals surface area (Å²) < 4.78 is 5.50. The molecule has 0 amide bonds. The largest absolute Gasteiger partial charge is 0.468 e. The zero-order valence-corrected chi connectivity index (χ0v) is 10.7. The van der Waals surface area contributed by atoms with E-state index in [4.69, 9.17) is 4.42 Å². The fourth-order valence-electron chi connectivity index (χ4n) is 2.20. The first-order valence-electron chi connectivity index (χ1n) is 6.02. The van der Waals surface area contributed by atoms with E-state index in [1.54, 1.807) is 12.3 Å². The molecule has 0 N–H and O–H groups in total. The molecule has 0 spiro atoms. The average molecular weight is 230 g/mol. The van der Waals surface area contributed by atoms with Crippen LogP contribution in [0.3, 0.4) is 0 Å². The summed E-state index contributed by atoms with van der Waals surface area (Å²) in [7, 11) is 0. The molecule has 90 valence electrons. The van der Waals surface area contributed by atoms with E-state index in [0.717, 1.165) is 41.7 Å². The Morgan fingerprint density at radius 1 is 1.18 bits per heavy atom. The Kier molecular flexibility index (Phi) is 3.32. The Balaban J connectivity index is 2.49. The van der Waals surface area contributed by atoms with Gasteiger partial charge in [0.1, 0.15) is 5.76 Å². The van der Waals surface area contributed by atoms with Crippen LogP contribution in [0.5, 0.6) is 0 Å². The highest BCUT2D eigenvalue weighted by Crippen LogP contribution is 2.23. The Morgan fingerprint density at radius 3 is 2.71 bits per heavy atom. The van der Waals surface area contributed by atoms with Crippen molar-refractivity contribution >= 4 is 5.78 Å². The minimum atomic E-state index is 0.0819. The molecule has 2 heteroatoms. The van der Waals surface area contributed by atoms with E-state index in [1.165, 1.54) is 5.57 Å². The Hall–Kier alpha value is -1.57. The number of ketones is 1. The van der Waals surface area contributed by atoms with Gasteiger partial charge in [0.05, 0.1) is 11.8 Å². The van der Waals surface area contributed by atoms with Gasteiger partial charge in [-0.3, -0.25) is 4.79 Å². The maximum absolute atomic E-state index is 12.2. The molecule has 2 rings (SSSR count). The minimum absolute atomic E-state index is 0.0819. The van der Waals surface area contributed by atoms with Crippen molar-refractivity contribution in [2.45, 2.75) is 40.0 Å². The van der Waals surface area contributed by atoms with Gasteiger partial charge in [-0.2, -0.15) is 0 Å². The van der Waals surface area contributed by atoms with E-state index in [-0.39, 0.29) is 5.78 Å². The Morgan fingerprint density at radius 2 is 1.94 bits per heavy atom. The maximum atomic E-state index is 12.2. The molecule has 1 heterocycles. The molecule has 0 radical (unpaired) electrons. The fraction of sp³-hybridized carbons (Fsp3) is 0.400. The predicted molar refractivity (Wildman–Crippen MR) is 68.2 cm³/mol. The molecule has 1 aliphatic rings. The van der Waals surface area contributed by atoms with Gasteiger partial charge < -0.3 is 4.42 Å². The van der Waals surface area contributed by atoms with Crippen molar-refractivity contribution in [1.29, 1.82) is 0 Å². The van der Waals surface area contributed by atoms with Crippen molar-refractivity contribution in [1.82, 2.24) is 0 Å². The second-order valence-electron chi connectivity index (χ2n) is 4.84. The molecule has 0 saturated carbocycles. The minimum Gasteiger partial charge on any atom is -0.468 e. The van der Waals surface area contributed by atoms with Crippen LogP contribution in [0.15, 0.2) is 34.0 Å². The van der Waals surface area contributed by atoms with Gasteiger partial charge in [-0.25, -0.2) is 0 Å². The van der Waals surface area contributed by atoms with Crippen molar-refractivity contribution in [2.75, 3.05) is 0 Å². The van der Waals surface area contributed by atoms with Gasteiger partial charge >= 0.3 is 0 Å². The summed E-state index contributed by atoms with van der Waals surface area (Å²) in [5, 5.41) is 0. The SMILES string of the molecule is C/C1=C/C(=O)c2c(C)coc2C/C(C)=C/CC1. The average Bonchev–Trinajstić information content (AvgIpc) is 2.58. The van der Waals surface area contributed by atoms with E-state index >= 15 is 0 Å². The van der Waals surface area contributed by atoms with E-state index in [1.807, 2.05) is 13.8 Å². The molecule has 0 saturated heterocycles. The third kappa shape index (κ3) is 2.57. The number of carbonyl (C=O) groups excluding carboxylic acids is 1. The van der Waals surface area contributed by atoms with Gasteiger partial charge in [-0.05, 0) is 45.3 Å². The lowest BCUT2D eigenvalue weighted by atomic mass is 9.98. The van der Waals surface area contributed by atoms with Gasteiger partial charge in [0, 0.05) is 6.42 Å². The summed E-state index contributed by atoms with van der Waals surface area (Å²) in [5.74, 6) is 0.880. The van der Waals surface area contributed by atoms with E-state index in [9.17, 15) is 4.79 Å². The van der Waals surface area contributed by atoms with E-state index < -0.39 is 0 Å². The third-order valence-electron chi connectivity index (χ3n) is 3.15. The molecule has 0 atom stereocenters. The molecule has 1 aromatic heterocycles. The molecule has 1 aromatic rings. The van der Waals surface area contributed by atoms with Crippen molar-refractivity contribution in [3.05, 3.63) is 46.4 Å². The summed E-state index contributed by atoms with van der Waals surface area (Å²) in [6.07, 6.45) is 8.34. The van der Waals surface area contributed by atoms with Crippen molar-refractivity contribution < 1.29 is 9.21 Å². The Bertz CT molecular complexity index is 501. The van der Waals surface area contributed by atoms with Gasteiger partial charge in [-0.15, -0.1) is 0 Å². The topological polar surface area (TPSA) is 30.2 Å². The maximum Gasteiger partial charge on any atom is 0.189 e. The van der Waals surface area contributed by atoms with E-state index in [2.05, 4.69) is 13.0 Å². The number of rotatable bonds is 0. The summed E-state index contributed by atoms with van der Waals surface area (Å²) in [4.78, 5) is 12.2. The summed E-state index contributed by atoms with van der Waals surface area (Å²) in [6, 6.07) is 0. The lowest BCUT2D eigenvalue weighted by molar-refractivity contribution is 0.104. The second-order valence-corrected chi connectivity index (χ2v) is 4.84. The van der Waals surface area contributed by atoms with Gasteiger partial charge in [-0.1, -0.05) is 17.2 Å². The Labute approximate surface area is 102 Å². The van der Waals surface area contributed by atoms with Crippen molar-refractivity contribution in [2.24, 2.45) is 0 Å². The number of fused-ring (bicyclic) bond motifs is 1. The van der Waals surface area contributed by atoms with Crippen LogP contribution in [0, 0.1) is 6.92 Å². The smallest absolute Gasteiger partial charge is 0.189 e. The highest BCUT2D eigenvalue weighted by Gasteiger charge is 2.17. The van der Waals surface area contributed by atoms with Crippen LogP contribution in [0.4, 0.5) is 0 Å². The highest BCUT2D eigenvalue weighted by molar-refractivity contribution is 6.06. The fourth-order valence-corrected chi connectivity index (χ4v) is 2.20. The molecule has 2 nitrogen and oxygen atoms in total. The second kappa shape index (κ2) is 4.74. The lowest BCUT2D eigenvalue weighted by Gasteiger charge is -2.06. The monoisotopic (exact) mass is 230 g/mol. The zero-order chi connectivity index (χ0) is 12.4. The van der Waals surface area contributed by atoms with Gasteiger partial charge in [0.25, 0.3) is 0 Å². The summed E-state index contributed by atoms with van der Waals surface area (Å²) in [5.41, 5.74) is 4.08. The molecule has 0 unspecified atom stereocenters. The normalized spacial score (nSPS) is 23.4. The standard InChI is InChI=1S/C15H18O2/c1-10-5-4-6-11(2)8-14-15(13(16)7-10)12(3)9-17-14/h6-7,9H,4-5,8H2,1-3H3/b10-7-,11-6+. The molecule has 0 aromatic carbocycles. The quantitative estimate of drug-likeness (QED) is 0.630. The number of hydrogen-bond acceptors (Lipinski definition) is 2. The van der Waals surface area contributed by atoms with Gasteiger partial charge in [0.2, 0.25) is 0 Å². The first-order valence-corrected chi connectivity index (χ1v) is 6.02. The number of furan rings is 1. The number of aryl methyl sites for hydroxylation is 1. The van der Waals surface area contributed by atoms with Crippen LogP contribution >= 0.6 is 0 Å². The number of hydrogen-bond donors (Lipinski definition) is 0. The summed E-state index contributed by atoms with van der Waals surface area (Å²) >= 11 is 0. The first kappa shape index (κ1) is 11.9. The van der Waals surface area contributed by atoms with Gasteiger partial charge in [0.15, 0.2) is 5.78 Å². The molecule has 0 fully saturated rings. The zero-order valence-electron chi connectivity index (χ0n) is 10.7. The van der Waals surface area contributed by atoms with E-state index in [0.29, 0.717) is 0 Å². The predicted octanol–water partition coefficient (Wildman–Crippen LogP) is 4.00. The lowest BCUT2D eigenvalue weighted by Crippen LogP contribution is -2.02. The molecule has 0 bridgehead atoms. The van der Waals surface area contributed by atoms with Crippen molar-refractivity contribution in [3.63, 3.8) is 0 Å². The van der Waals surface area contributed by atoms with Crippen LogP contribution in [-0.4, -0.2) is 5.78 Å². The van der Waals surface area contributed by atoms with Crippen molar-refractivity contribution in [3.8, 4) is 0 Å². The van der Waals surface area contributed by atoms with Crippen LogP contribution in [0.25, 0.3) is 0 Å². The van der Waals surface area contributed by atoms with Crippen LogP contribution in [-0.2, 0) is 6.42 Å². The third-order valence-corrected chi connectivity index (χ3v) is 3.15. The number of carbonyl (C=O) groups is 1. The summed E-state index contributed by atoms with van der Waals surface area (Å²) in [6.45, 7) is 6.03.